The van der Waals surface area contributed by atoms with Crippen LogP contribution in [-0.4, -0.2) is 37.3 Å². The molecule has 3 rings (SSSR count). The number of aromatic nitrogens is 1. The fourth-order valence-electron chi connectivity index (χ4n) is 2.95. The van der Waals surface area contributed by atoms with E-state index in [9.17, 15) is 8.42 Å². The van der Waals surface area contributed by atoms with Gasteiger partial charge in [0.1, 0.15) is 0 Å². The van der Waals surface area contributed by atoms with Crippen molar-refractivity contribution in [2.24, 2.45) is 5.73 Å². The topological polar surface area (TPSA) is 79.2 Å². The largest absolute Gasteiger partial charge is 0.361 e. The smallest absolute Gasteiger partial charge is 0.218 e. The van der Waals surface area contributed by atoms with Crippen LogP contribution in [0.5, 0.6) is 0 Å². The van der Waals surface area contributed by atoms with Crippen LogP contribution in [0.1, 0.15) is 24.0 Å². The Morgan fingerprint density at radius 3 is 2.71 bits per heavy atom. The SMILES string of the molecule is NCCc1c[nH]c2ccc(CS(=O)(=O)N3CCCC3)cc12. The van der Waals surface area contributed by atoms with Crippen LogP contribution >= 0.6 is 0 Å². The Morgan fingerprint density at radius 1 is 1.24 bits per heavy atom. The number of hydrogen-bond acceptors (Lipinski definition) is 3. The number of hydrogen-bond donors (Lipinski definition) is 2. The molecule has 6 heteroatoms. The van der Waals surface area contributed by atoms with Gasteiger partial charge in [0.15, 0.2) is 0 Å². The van der Waals surface area contributed by atoms with Crippen molar-refractivity contribution < 1.29 is 8.42 Å². The molecule has 0 amide bonds. The molecule has 0 aliphatic carbocycles. The second kappa shape index (κ2) is 5.79. The van der Waals surface area contributed by atoms with Crippen molar-refractivity contribution in [2.75, 3.05) is 19.6 Å². The molecule has 3 N–H and O–H groups in total. The number of benzene rings is 1. The van der Waals surface area contributed by atoms with Crippen molar-refractivity contribution in [3.8, 4) is 0 Å². The number of aromatic amines is 1. The van der Waals surface area contributed by atoms with Gasteiger partial charge in [-0.05, 0) is 49.1 Å². The van der Waals surface area contributed by atoms with Crippen molar-refractivity contribution in [2.45, 2.75) is 25.0 Å². The van der Waals surface area contributed by atoms with E-state index in [0.29, 0.717) is 19.6 Å². The van der Waals surface area contributed by atoms with Gasteiger partial charge < -0.3 is 10.7 Å². The average molecular weight is 307 g/mol. The first kappa shape index (κ1) is 14.6. The molecule has 0 saturated carbocycles. The molecule has 5 nitrogen and oxygen atoms in total. The minimum Gasteiger partial charge on any atom is -0.361 e. The third-order valence-corrected chi connectivity index (χ3v) is 5.90. The summed E-state index contributed by atoms with van der Waals surface area (Å²) in [5, 5.41) is 1.08. The van der Waals surface area contributed by atoms with Crippen molar-refractivity contribution in [1.82, 2.24) is 9.29 Å². The van der Waals surface area contributed by atoms with Crippen LogP contribution in [0.25, 0.3) is 10.9 Å². The van der Waals surface area contributed by atoms with E-state index >= 15 is 0 Å². The van der Waals surface area contributed by atoms with E-state index in [1.54, 1.807) is 4.31 Å². The molecule has 1 aromatic carbocycles. The maximum absolute atomic E-state index is 12.4. The highest BCUT2D eigenvalue weighted by Crippen LogP contribution is 2.23. The molecule has 1 aliphatic heterocycles. The Kier molecular flexibility index (Phi) is 4.01. The summed E-state index contributed by atoms with van der Waals surface area (Å²) in [7, 11) is -3.19. The lowest BCUT2D eigenvalue weighted by Gasteiger charge is -2.15. The Labute approximate surface area is 125 Å². The summed E-state index contributed by atoms with van der Waals surface area (Å²) in [6.07, 6.45) is 4.69. The predicted molar refractivity (Wildman–Crippen MR) is 84.5 cm³/mol. The second-order valence-corrected chi connectivity index (χ2v) is 7.56. The van der Waals surface area contributed by atoms with Gasteiger partial charge in [-0.3, -0.25) is 0 Å². The van der Waals surface area contributed by atoms with Gasteiger partial charge in [0.2, 0.25) is 10.0 Å². The van der Waals surface area contributed by atoms with E-state index in [1.165, 1.54) is 0 Å². The Morgan fingerprint density at radius 2 is 2.00 bits per heavy atom. The fraction of sp³-hybridized carbons (Fsp3) is 0.467. The van der Waals surface area contributed by atoms with Gasteiger partial charge in [0.05, 0.1) is 5.75 Å². The highest BCUT2D eigenvalue weighted by atomic mass is 32.2. The number of rotatable bonds is 5. The second-order valence-electron chi connectivity index (χ2n) is 5.59. The molecule has 1 aromatic heterocycles. The van der Waals surface area contributed by atoms with Crippen molar-refractivity contribution in [3.63, 3.8) is 0 Å². The molecule has 2 heterocycles. The number of nitrogens with zero attached hydrogens (tertiary/aromatic N) is 1. The van der Waals surface area contributed by atoms with Gasteiger partial charge in [-0.2, -0.15) is 0 Å². The van der Waals surface area contributed by atoms with Gasteiger partial charge in [-0.1, -0.05) is 6.07 Å². The van der Waals surface area contributed by atoms with Gasteiger partial charge in [-0.25, -0.2) is 12.7 Å². The quantitative estimate of drug-likeness (QED) is 0.880. The minimum atomic E-state index is -3.19. The monoisotopic (exact) mass is 307 g/mol. The maximum Gasteiger partial charge on any atom is 0.218 e. The van der Waals surface area contributed by atoms with E-state index in [1.807, 2.05) is 24.4 Å². The molecular formula is C15H21N3O2S. The molecule has 1 saturated heterocycles. The van der Waals surface area contributed by atoms with E-state index in [-0.39, 0.29) is 5.75 Å². The van der Waals surface area contributed by atoms with Crippen LogP contribution < -0.4 is 5.73 Å². The van der Waals surface area contributed by atoms with Crippen LogP contribution in [-0.2, 0) is 22.2 Å². The first-order valence-electron chi connectivity index (χ1n) is 7.37. The van der Waals surface area contributed by atoms with E-state index in [2.05, 4.69) is 4.98 Å². The standard InChI is InChI=1S/C15H21N3O2S/c16-6-5-13-10-17-15-4-3-12(9-14(13)15)11-21(19,20)18-7-1-2-8-18/h3-4,9-10,17H,1-2,5-8,11,16H2. The molecule has 0 spiro atoms. The molecule has 1 fully saturated rings. The zero-order valence-corrected chi connectivity index (χ0v) is 12.8. The van der Waals surface area contributed by atoms with Crippen LogP contribution in [0.15, 0.2) is 24.4 Å². The Balaban J connectivity index is 1.88. The molecule has 1 aliphatic rings. The molecule has 21 heavy (non-hydrogen) atoms. The van der Waals surface area contributed by atoms with Gasteiger partial charge in [0, 0.05) is 30.2 Å². The van der Waals surface area contributed by atoms with Crippen LogP contribution in [0.3, 0.4) is 0 Å². The maximum atomic E-state index is 12.4. The first-order chi connectivity index (χ1) is 10.1. The molecule has 2 aromatic rings. The van der Waals surface area contributed by atoms with Crippen LogP contribution in [0.2, 0.25) is 0 Å². The van der Waals surface area contributed by atoms with E-state index in [4.69, 9.17) is 5.73 Å². The molecule has 0 atom stereocenters. The summed E-state index contributed by atoms with van der Waals surface area (Å²) < 4.78 is 26.4. The molecular weight excluding hydrogens is 286 g/mol. The lowest BCUT2D eigenvalue weighted by atomic mass is 10.1. The summed E-state index contributed by atoms with van der Waals surface area (Å²) in [5.41, 5.74) is 8.63. The van der Waals surface area contributed by atoms with Crippen molar-refractivity contribution in [3.05, 3.63) is 35.5 Å². The number of nitrogens with two attached hydrogens (primary N) is 1. The first-order valence-corrected chi connectivity index (χ1v) is 8.98. The summed E-state index contributed by atoms with van der Waals surface area (Å²) in [6.45, 7) is 1.91. The van der Waals surface area contributed by atoms with Crippen LogP contribution in [0.4, 0.5) is 0 Å². The highest BCUT2D eigenvalue weighted by molar-refractivity contribution is 7.88. The predicted octanol–water partition coefficient (Wildman–Crippen LogP) is 1.59. The van der Waals surface area contributed by atoms with Crippen molar-refractivity contribution in [1.29, 1.82) is 0 Å². The lowest BCUT2D eigenvalue weighted by molar-refractivity contribution is 0.476. The number of fused-ring (bicyclic) bond motifs is 1. The summed E-state index contributed by atoms with van der Waals surface area (Å²) in [6, 6.07) is 5.81. The zero-order chi connectivity index (χ0) is 14.9. The third-order valence-electron chi connectivity index (χ3n) is 4.05. The molecule has 114 valence electrons. The zero-order valence-electron chi connectivity index (χ0n) is 12.0. The summed E-state index contributed by atoms with van der Waals surface area (Å²) in [4.78, 5) is 3.20. The fourth-order valence-corrected chi connectivity index (χ4v) is 4.54. The normalized spacial score (nSPS) is 16.8. The Hall–Kier alpha value is -1.37. The van der Waals surface area contributed by atoms with Gasteiger partial charge in [-0.15, -0.1) is 0 Å². The lowest BCUT2D eigenvalue weighted by Crippen LogP contribution is -2.29. The Bertz CT molecular complexity index is 730. The molecule has 0 bridgehead atoms. The van der Waals surface area contributed by atoms with Gasteiger partial charge in [0.25, 0.3) is 0 Å². The minimum absolute atomic E-state index is 0.0795. The summed E-state index contributed by atoms with van der Waals surface area (Å²) in [5.74, 6) is 0.0795. The van der Waals surface area contributed by atoms with E-state index in [0.717, 1.165) is 41.3 Å². The van der Waals surface area contributed by atoms with E-state index < -0.39 is 10.0 Å². The third kappa shape index (κ3) is 2.97. The summed E-state index contributed by atoms with van der Waals surface area (Å²) >= 11 is 0. The number of sulfonamides is 1. The highest BCUT2D eigenvalue weighted by Gasteiger charge is 2.25. The number of H-pyrrole nitrogens is 1. The number of nitrogens with one attached hydrogen (secondary N) is 1. The average Bonchev–Trinajstić information content (AvgIpc) is 3.09. The van der Waals surface area contributed by atoms with Crippen molar-refractivity contribution >= 4 is 20.9 Å². The van der Waals surface area contributed by atoms with Crippen LogP contribution in [0, 0.1) is 0 Å². The molecule has 0 unspecified atom stereocenters. The van der Waals surface area contributed by atoms with Gasteiger partial charge >= 0.3 is 0 Å². The molecule has 0 radical (unpaired) electrons.